The van der Waals surface area contributed by atoms with Crippen LogP contribution in [0.25, 0.3) is 0 Å². The van der Waals surface area contributed by atoms with Gasteiger partial charge in [-0.2, -0.15) is 5.10 Å². The van der Waals surface area contributed by atoms with Gasteiger partial charge in [-0.05, 0) is 25.8 Å². The van der Waals surface area contributed by atoms with Crippen molar-refractivity contribution in [2.24, 2.45) is 10.5 Å². The zero-order valence-corrected chi connectivity index (χ0v) is 23.1. The van der Waals surface area contributed by atoms with E-state index in [1.165, 1.54) is 42.2 Å². The number of hydrogen-bond acceptors (Lipinski definition) is 7. The van der Waals surface area contributed by atoms with Crippen molar-refractivity contribution in [3.05, 3.63) is 59.4 Å². The molecule has 0 radical (unpaired) electrons. The SMILES string of the molecule is CN1N=C2CCN(C(=O)C(COc3cncc(Cl)c3)NC(=O)C(C)(C)NC(=O)O)CC2(Cc2ccccc2)C1=O. The number of hydrazone groups is 1. The summed E-state index contributed by atoms with van der Waals surface area (Å²) >= 11 is 6.00. The van der Waals surface area contributed by atoms with E-state index in [9.17, 15) is 19.2 Å². The molecule has 0 saturated carbocycles. The Morgan fingerprint density at radius 1 is 1.23 bits per heavy atom. The molecule has 1 aromatic carbocycles. The number of nitrogens with one attached hydrogen (secondary N) is 2. The minimum atomic E-state index is -1.54. The first-order valence-corrected chi connectivity index (χ1v) is 13.0. The number of benzene rings is 1. The van der Waals surface area contributed by atoms with E-state index < -0.39 is 34.9 Å². The molecule has 4 amide bonds. The Bertz CT molecular complexity index is 1340. The number of piperidine rings is 1. The van der Waals surface area contributed by atoms with Crippen LogP contribution in [-0.2, 0) is 20.8 Å². The smallest absolute Gasteiger partial charge is 0.405 e. The highest BCUT2D eigenvalue weighted by Gasteiger charge is 2.54. The van der Waals surface area contributed by atoms with Gasteiger partial charge in [-0.1, -0.05) is 41.9 Å². The number of halogens is 1. The van der Waals surface area contributed by atoms with Gasteiger partial charge in [0.25, 0.3) is 5.91 Å². The van der Waals surface area contributed by atoms with Crippen LogP contribution < -0.4 is 15.4 Å². The maximum absolute atomic E-state index is 13.9. The van der Waals surface area contributed by atoms with Crippen molar-refractivity contribution < 1.29 is 29.0 Å². The van der Waals surface area contributed by atoms with E-state index in [0.717, 1.165) is 5.56 Å². The van der Waals surface area contributed by atoms with Crippen molar-refractivity contribution in [2.75, 3.05) is 26.7 Å². The second kappa shape index (κ2) is 11.5. The van der Waals surface area contributed by atoms with Gasteiger partial charge in [0.2, 0.25) is 11.8 Å². The number of carboxylic acid groups (broad SMARTS) is 1. The molecular formula is C27H31ClN6O6. The predicted octanol–water partition coefficient (Wildman–Crippen LogP) is 1.93. The molecule has 3 heterocycles. The quantitative estimate of drug-likeness (QED) is 0.416. The Morgan fingerprint density at radius 3 is 2.62 bits per heavy atom. The second-order valence-electron chi connectivity index (χ2n) is 10.4. The van der Waals surface area contributed by atoms with Crippen LogP contribution in [0.5, 0.6) is 5.75 Å². The Balaban J connectivity index is 1.60. The summed E-state index contributed by atoms with van der Waals surface area (Å²) in [7, 11) is 1.60. The molecule has 0 spiro atoms. The molecule has 4 rings (SSSR count). The number of likely N-dealkylation sites (tertiary alicyclic amines) is 1. The summed E-state index contributed by atoms with van der Waals surface area (Å²) in [6.45, 7) is 2.81. The third-order valence-electron chi connectivity index (χ3n) is 6.95. The molecule has 2 atom stereocenters. The number of hydrogen-bond donors (Lipinski definition) is 3. The number of carbonyl (C=O) groups excluding carboxylic acids is 3. The number of amides is 4. The summed E-state index contributed by atoms with van der Waals surface area (Å²) in [6, 6.07) is 9.82. The Hall–Kier alpha value is -4.19. The number of ether oxygens (including phenoxy) is 1. The first-order chi connectivity index (χ1) is 18.9. The number of nitrogens with zero attached hydrogens (tertiary/aromatic N) is 4. The first kappa shape index (κ1) is 28.8. The van der Waals surface area contributed by atoms with E-state index in [1.807, 2.05) is 30.3 Å². The lowest BCUT2D eigenvalue weighted by Crippen LogP contribution is -2.62. The number of pyridine rings is 1. The topological polar surface area (TPSA) is 154 Å². The maximum Gasteiger partial charge on any atom is 0.405 e. The van der Waals surface area contributed by atoms with Gasteiger partial charge in [-0.3, -0.25) is 19.4 Å². The molecule has 3 N–H and O–H groups in total. The van der Waals surface area contributed by atoms with Crippen molar-refractivity contribution in [3.63, 3.8) is 0 Å². The van der Waals surface area contributed by atoms with Crippen molar-refractivity contribution in [2.45, 2.75) is 38.3 Å². The Labute approximate surface area is 236 Å². The molecule has 2 aliphatic rings. The molecule has 2 aliphatic heterocycles. The molecular weight excluding hydrogens is 540 g/mol. The summed E-state index contributed by atoms with van der Waals surface area (Å²) in [5.74, 6) is -1.14. The number of rotatable bonds is 9. The normalized spacial score (nSPS) is 19.4. The molecule has 13 heteroatoms. The van der Waals surface area contributed by atoms with Gasteiger partial charge in [0.1, 0.15) is 29.4 Å². The van der Waals surface area contributed by atoms with Gasteiger partial charge in [-0.15, -0.1) is 0 Å². The monoisotopic (exact) mass is 570 g/mol. The van der Waals surface area contributed by atoms with E-state index in [4.69, 9.17) is 21.4 Å². The third kappa shape index (κ3) is 6.17. The summed E-state index contributed by atoms with van der Waals surface area (Å²) in [4.78, 5) is 57.2. The van der Waals surface area contributed by atoms with Gasteiger partial charge in [0.05, 0.1) is 16.9 Å². The zero-order valence-electron chi connectivity index (χ0n) is 22.4. The van der Waals surface area contributed by atoms with Gasteiger partial charge in [-0.25, -0.2) is 9.80 Å². The highest BCUT2D eigenvalue weighted by atomic mass is 35.5. The lowest BCUT2D eigenvalue weighted by Gasteiger charge is -2.40. The van der Waals surface area contributed by atoms with Gasteiger partial charge >= 0.3 is 6.09 Å². The van der Waals surface area contributed by atoms with E-state index in [2.05, 4.69) is 20.7 Å². The molecule has 2 aromatic rings. The summed E-state index contributed by atoms with van der Waals surface area (Å²) < 4.78 is 5.76. The van der Waals surface area contributed by atoms with E-state index in [0.29, 0.717) is 23.6 Å². The zero-order chi connectivity index (χ0) is 29.1. The highest BCUT2D eigenvalue weighted by Crippen LogP contribution is 2.38. The first-order valence-electron chi connectivity index (χ1n) is 12.7. The van der Waals surface area contributed by atoms with Crippen LogP contribution in [0, 0.1) is 5.41 Å². The molecule has 0 bridgehead atoms. The minimum Gasteiger partial charge on any atom is -0.489 e. The molecule has 12 nitrogen and oxygen atoms in total. The molecule has 1 saturated heterocycles. The van der Waals surface area contributed by atoms with Gasteiger partial charge in [0.15, 0.2) is 0 Å². The number of aromatic nitrogens is 1. The van der Waals surface area contributed by atoms with Crippen molar-refractivity contribution in [1.82, 2.24) is 25.5 Å². The molecule has 212 valence electrons. The average molecular weight is 571 g/mol. The lowest BCUT2D eigenvalue weighted by atomic mass is 9.73. The van der Waals surface area contributed by atoms with Gasteiger partial charge < -0.3 is 25.4 Å². The second-order valence-corrected chi connectivity index (χ2v) is 10.8. The van der Waals surface area contributed by atoms with E-state index in [-0.39, 0.29) is 31.4 Å². The van der Waals surface area contributed by atoms with Crippen molar-refractivity contribution in [1.29, 1.82) is 0 Å². The number of carbonyl (C=O) groups is 4. The third-order valence-corrected chi connectivity index (χ3v) is 7.16. The molecule has 40 heavy (non-hydrogen) atoms. The average Bonchev–Trinajstić information content (AvgIpc) is 3.14. The van der Waals surface area contributed by atoms with Crippen LogP contribution >= 0.6 is 11.6 Å². The standard InChI is InChI=1S/C27H31ClN6O6/c1-26(2,31-25(38)39)23(36)30-20(15-40-19-11-18(28)13-29-14-19)22(35)34-10-9-21-27(16-34,24(37)33(3)32-21)12-17-7-5-4-6-8-17/h4-8,11,13-14,20,31H,9-10,12,15-16H2,1-3H3,(H,30,36)(H,38,39). The fourth-order valence-corrected chi connectivity index (χ4v) is 5.09. The highest BCUT2D eigenvalue weighted by molar-refractivity contribution is 6.30. The molecule has 2 unspecified atom stereocenters. The summed E-state index contributed by atoms with van der Waals surface area (Å²) in [5, 5.41) is 20.0. The predicted molar refractivity (Wildman–Crippen MR) is 146 cm³/mol. The van der Waals surface area contributed by atoms with Crippen LogP contribution in [-0.4, -0.2) is 87.9 Å². The van der Waals surface area contributed by atoms with E-state index in [1.54, 1.807) is 7.05 Å². The summed E-state index contributed by atoms with van der Waals surface area (Å²) in [6.07, 6.45) is 2.18. The van der Waals surface area contributed by atoms with Gasteiger partial charge in [0, 0.05) is 38.8 Å². The van der Waals surface area contributed by atoms with Crippen LogP contribution in [0.1, 0.15) is 25.8 Å². The number of fused-ring (bicyclic) bond motifs is 1. The Morgan fingerprint density at radius 2 is 1.95 bits per heavy atom. The molecule has 1 aromatic heterocycles. The van der Waals surface area contributed by atoms with Crippen LogP contribution in [0.4, 0.5) is 4.79 Å². The fourth-order valence-electron chi connectivity index (χ4n) is 4.92. The van der Waals surface area contributed by atoms with Crippen molar-refractivity contribution in [3.8, 4) is 5.75 Å². The lowest BCUT2D eigenvalue weighted by molar-refractivity contribution is -0.143. The Kier molecular flexibility index (Phi) is 8.29. The summed E-state index contributed by atoms with van der Waals surface area (Å²) in [5.41, 5.74) is -0.944. The van der Waals surface area contributed by atoms with E-state index >= 15 is 0 Å². The molecule has 1 fully saturated rings. The molecule has 0 aliphatic carbocycles. The van der Waals surface area contributed by atoms with Crippen LogP contribution in [0.2, 0.25) is 5.02 Å². The van der Waals surface area contributed by atoms with Crippen molar-refractivity contribution >= 4 is 41.1 Å². The van der Waals surface area contributed by atoms with Crippen LogP contribution in [0.15, 0.2) is 53.9 Å². The fraction of sp³-hybridized carbons (Fsp3) is 0.407. The minimum absolute atomic E-state index is 0.0601. The maximum atomic E-state index is 13.9. The van der Waals surface area contributed by atoms with Crippen LogP contribution in [0.3, 0.4) is 0 Å². The largest absolute Gasteiger partial charge is 0.489 e.